The quantitative estimate of drug-likeness (QED) is 0.428. The smallest absolute Gasteiger partial charge is 0.354 e. The Morgan fingerprint density at radius 1 is 1.50 bits per heavy atom. The van der Waals surface area contributed by atoms with E-state index < -0.39 is 7.94 Å². The molecule has 4 nitrogen and oxygen atoms in total. The van der Waals surface area contributed by atoms with Crippen molar-refractivity contribution < 1.29 is 19.0 Å². The van der Waals surface area contributed by atoms with E-state index in [0.717, 1.165) is 0 Å². The first-order chi connectivity index (χ1) is 3.56. The number of methoxy groups -OCH3 is 1. The minimum atomic E-state index is -3.06. The molecule has 0 amide bonds. The molecule has 0 aromatic rings. The molecule has 0 saturated carbocycles. The van der Waals surface area contributed by atoms with Gasteiger partial charge in [0.2, 0.25) is 0 Å². The molecule has 8 heavy (non-hydrogen) atoms. The molecular weight excluding hydrogens is 131 g/mol. The van der Waals surface area contributed by atoms with E-state index in [0.29, 0.717) is 0 Å². The molecule has 0 rings (SSSR count). The highest BCUT2D eigenvalue weighted by molar-refractivity contribution is 7.58. The van der Waals surface area contributed by atoms with Gasteiger partial charge < -0.3 is 4.74 Å². The molecule has 0 unspecified atom stereocenters. The van der Waals surface area contributed by atoms with Gasteiger partial charge in [-0.1, -0.05) is 0 Å². The minimum absolute atomic E-state index is 0.0721. The molecule has 5 heteroatoms. The van der Waals surface area contributed by atoms with E-state index in [1.54, 1.807) is 0 Å². The molecule has 0 aliphatic carbocycles. The van der Waals surface area contributed by atoms with Crippen LogP contribution in [0.25, 0.3) is 0 Å². The average molecular weight is 141 g/mol. The Labute approximate surface area is 48.6 Å². The van der Waals surface area contributed by atoms with Crippen molar-refractivity contribution in [1.82, 2.24) is 0 Å². The second-order valence-corrected chi connectivity index (χ2v) is 3.30. The van der Waals surface area contributed by atoms with E-state index in [4.69, 9.17) is 9.79 Å². The predicted molar refractivity (Wildman–Crippen MR) is 30.2 cm³/mol. The van der Waals surface area contributed by atoms with Crippen LogP contribution in [-0.4, -0.2) is 30.4 Å². The van der Waals surface area contributed by atoms with E-state index in [1.165, 1.54) is 13.8 Å². The summed E-state index contributed by atoms with van der Waals surface area (Å²) in [6.45, 7) is 1.14. The number of hydrogen-bond donors (Lipinski definition) is 2. The highest BCUT2D eigenvalue weighted by Crippen LogP contribution is 2.45. The Hall–Kier alpha value is 0.270. The summed E-state index contributed by atoms with van der Waals surface area (Å²) in [5.74, 6) is 0. The molecule has 2 N–H and O–H groups in total. The maximum absolute atomic E-state index is 8.51. The third-order valence-corrected chi connectivity index (χ3v) is 1.01. The minimum Gasteiger partial charge on any atom is -0.354 e. The Bertz CT molecular complexity index is 58.8. The number of hydrogen-bond acceptors (Lipinski definition) is 4. The Morgan fingerprint density at radius 3 is 2.12 bits per heavy atom. The zero-order chi connectivity index (χ0) is 6.62. The molecule has 0 atom stereocenters. The monoisotopic (exact) mass is 141 g/mol. The van der Waals surface area contributed by atoms with Gasteiger partial charge in [-0.2, -0.15) is 9.79 Å². The lowest BCUT2D eigenvalue weighted by atomic mass is 11.4. The largest absolute Gasteiger partial charge is 0.405 e. The average Bonchev–Trinajstić information content (AvgIpc) is 1.59. The van der Waals surface area contributed by atoms with Crippen molar-refractivity contribution in [1.29, 1.82) is 0 Å². The van der Waals surface area contributed by atoms with Crippen LogP contribution in [0.1, 0.15) is 0 Å². The maximum atomic E-state index is 8.51. The van der Waals surface area contributed by atoms with E-state index in [1.807, 2.05) is 0 Å². The first-order valence-electron chi connectivity index (χ1n) is 2.02. The van der Waals surface area contributed by atoms with E-state index in [9.17, 15) is 0 Å². The van der Waals surface area contributed by atoms with Crippen molar-refractivity contribution in [3.63, 3.8) is 0 Å². The van der Waals surface area contributed by atoms with Crippen LogP contribution in [0.3, 0.4) is 0 Å². The van der Waals surface area contributed by atoms with Crippen molar-refractivity contribution in [3.8, 4) is 0 Å². The van der Waals surface area contributed by atoms with Gasteiger partial charge in [0.05, 0.1) is 0 Å². The lowest BCUT2D eigenvalue weighted by Gasteiger charge is -2.02. The van der Waals surface area contributed by atoms with E-state index >= 15 is 0 Å². The Balaban J connectivity index is 3.11. The van der Waals surface area contributed by atoms with Gasteiger partial charge in [0, 0.05) is 7.11 Å². The molecule has 0 heterocycles. The Morgan fingerprint density at radius 2 is 2.00 bits per heavy atom. The lowest BCUT2D eigenvalue weighted by Crippen LogP contribution is -1.97. The number of ether oxygens (including phenoxy) is 1. The molecule has 0 aliphatic heterocycles. The third kappa shape index (κ3) is 6.27. The van der Waals surface area contributed by atoms with Gasteiger partial charge in [-0.25, -0.2) is 0 Å². The summed E-state index contributed by atoms with van der Waals surface area (Å²) in [6.07, 6.45) is 0. The number of rotatable bonds is 3. The van der Waals surface area contributed by atoms with Gasteiger partial charge in [-0.05, 0) is 0 Å². The molecule has 0 aliphatic rings. The summed E-state index contributed by atoms with van der Waals surface area (Å²) in [5.41, 5.74) is 0. The van der Waals surface area contributed by atoms with Crippen molar-refractivity contribution in [3.05, 3.63) is 0 Å². The summed E-state index contributed by atoms with van der Waals surface area (Å²) in [6, 6.07) is 0. The summed E-state index contributed by atoms with van der Waals surface area (Å²) in [7, 11) is -1.64. The van der Waals surface area contributed by atoms with Crippen LogP contribution in [0.4, 0.5) is 0 Å². The highest BCUT2D eigenvalue weighted by Gasteiger charge is 2.26. The molecule has 0 saturated heterocycles. The van der Waals surface area contributed by atoms with Gasteiger partial charge in [-0.15, -0.1) is 4.52 Å². The molecule has 0 aromatic carbocycles. The fourth-order valence-corrected chi connectivity index (χ4v) is 0.458. The fraction of sp³-hybridized carbons (Fsp3) is 1.00. The first-order valence-corrected chi connectivity index (χ1v) is 4.07. The van der Waals surface area contributed by atoms with Crippen LogP contribution < -0.4 is 0 Å². The first kappa shape index (κ1) is 8.27. The van der Waals surface area contributed by atoms with Gasteiger partial charge in [0.15, 0.2) is 6.79 Å². The zero-order valence-corrected chi connectivity index (χ0v) is 5.76. The van der Waals surface area contributed by atoms with Crippen molar-refractivity contribution >= 4 is 7.94 Å². The zero-order valence-electron chi connectivity index (χ0n) is 4.87. The van der Waals surface area contributed by atoms with Crippen LogP contribution >= 0.6 is 7.94 Å². The standard InChI is InChI=1S/C3H10O4P/c1-6-3-7-8(2,4)5/h4-5H,3H2,1-2H3/q+1. The van der Waals surface area contributed by atoms with Crippen molar-refractivity contribution in [2.24, 2.45) is 0 Å². The molecule has 0 aromatic heterocycles. The van der Waals surface area contributed by atoms with Crippen LogP contribution in [-0.2, 0) is 9.26 Å². The SMILES string of the molecule is COCO[P+](C)(O)O. The van der Waals surface area contributed by atoms with Gasteiger partial charge >= 0.3 is 7.94 Å². The van der Waals surface area contributed by atoms with Crippen LogP contribution in [0.15, 0.2) is 0 Å². The highest BCUT2D eigenvalue weighted by atomic mass is 31.2. The summed E-state index contributed by atoms with van der Waals surface area (Å²) in [4.78, 5) is 17.0. The summed E-state index contributed by atoms with van der Waals surface area (Å²) < 4.78 is 8.78. The molecule has 0 fully saturated rings. The van der Waals surface area contributed by atoms with Crippen LogP contribution in [0.5, 0.6) is 0 Å². The van der Waals surface area contributed by atoms with E-state index in [2.05, 4.69) is 9.26 Å². The van der Waals surface area contributed by atoms with Gasteiger partial charge in [-0.3, -0.25) is 0 Å². The van der Waals surface area contributed by atoms with E-state index in [-0.39, 0.29) is 6.79 Å². The molecule has 0 spiro atoms. The van der Waals surface area contributed by atoms with Crippen molar-refractivity contribution in [2.45, 2.75) is 0 Å². The molecule has 0 bridgehead atoms. The van der Waals surface area contributed by atoms with Gasteiger partial charge in [0.1, 0.15) is 6.66 Å². The third-order valence-electron chi connectivity index (χ3n) is 0.415. The topological polar surface area (TPSA) is 58.9 Å². The summed E-state index contributed by atoms with van der Waals surface area (Å²) in [5, 5.41) is 0. The van der Waals surface area contributed by atoms with Crippen LogP contribution in [0, 0.1) is 0 Å². The lowest BCUT2D eigenvalue weighted by molar-refractivity contribution is 0.0361. The molecular formula is C3H10O4P+. The second kappa shape index (κ2) is 3.33. The predicted octanol–water partition coefficient (Wildman–Crippen LogP) is -0.0161. The Kier molecular flexibility index (Phi) is 3.44. The molecule has 0 radical (unpaired) electrons. The van der Waals surface area contributed by atoms with Gasteiger partial charge in [0.25, 0.3) is 0 Å². The summed E-state index contributed by atoms with van der Waals surface area (Å²) >= 11 is 0. The maximum Gasteiger partial charge on any atom is 0.405 e. The molecule has 50 valence electrons. The normalized spacial score (nSPS) is 12.0. The van der Waals surface area contributed by atoms with Crippen molar-refractivity contribution in [2.75, 3.05) is 20.6 Å². The second-order valence-electron chi connectivity index (χ2n) is 1.37. The van der Waals surface area contributed by atoms with Crippen LogP contribution in [0.2, 0.25) is 0 Å². The fourth-order valence-electron chi connectivity index (χ4n) is 0.153.